The van der Waals surface area contributed by atoms with Crippen molar-refractivity contribution in [1.82, 2.24) is 9.97 Å². The summed E-state index contributed by atoms with van der Waals surface area (Å²) in [5.74, 6) is 2.21. The maximum Gasteiger partial charge on any atom is 0.223 e. The molecule has 21 heavy (non-hydrogen) atoms. The maximum atomic E-state index is 5.90. The molecule has 108 valence electrons. The maximum absolute atomic E-state index is 5.90. The van der Waals surface area contributed by atoms with Crippen LogP contribution in [0.3, 0.4) is 0 Å². The predicted molar refractivity (Wildman–Crippen MR) is 84.5 cm³/mol. The van der Waals surface area contributed by atoms with Gasteiger partial charge in [0.2, 0.25) is 5.95 Å². The van der Waals surface area contributed by atoms with Gasteiger partial charge in [0.25, 0.3) is 0 Å². The summed E-state index contributed by atoms with van der Waals surface area (Å²) in [5.41, 5.74) is 5.90. The van der Waals surface area contributed by atoms with E-state index in [4.69, 9.17) is 10.2 Å². The summed E-state index contributed by atoms with van der Waals surface area (Å²) < 4.78 is 5.50. The number of nitrogens with zero attached hydrogens (tertiary/aromatic N) is 3. The molecule has 1 aliphatic carbocycles. The van der Waals surface area contributed by atoms with Crippen molar-refractivity contribution in [3.05, 3.63) is 35.1 Å². The standard InChI is InChI=1S/C15H16N4OS/c1-9-7-12-13(17-15(16)18-14(12)21-9)19(10-4-5-10)8-11-3-2-6-20-11/h2-3,6-7,10H,4-5,8H2,1H3,(H2,16,17,18). The third-order valence-electron chi connectivity index (χ3n) is 3.68. The lowest BCUT2D eigenvalue weighted by Gasteiger charge is -2.23. The molecule has 0 atom stereocenters. The third-order valence-corrected chi connectivity index (χ3v) is 4.62. The monoisotopic (exact) mass is 300 g/mol. The van der Waals surface area contributed by atoms with Crippen LogP contribution in [0.4, 0.5) is 11.8 Å². The molecule has 3 aromatic rings. The highest BCUT2D eigenvalue weighted by molar-refractivity contribution is 7.18. The zero-order valence-electron chi connectivity index (χ0n) is 11.7. The van der Waals surface area contributed by atoms with Crippen LogP contribution < -0.4 is 10.6 Å². The second kappa shape index (κ2) is 4.73. The van der Waals surface area contributed by atoms with Crippen molar-refractivity contribution in [2.24, 2.45) is 0 Å². The van der Waals surface area contributed by atoms with Crippen molar-refractivity contribution in [3.8, 4) is 0 Å². The number of hydrogen-bond acceptors (Lipinski definition) is 6. The Morgan fingerprint density at radius 1 is 1.43 bits per heavy atom. The van der Waals surface area contributed by atoms with Crippen LogP contribution in [-0.4, -0.2) is 16.0 Å². The Bertz CT molecular complexity index is 776. The number of nitrogens with two attached hydrogens (primary N) is 1. The topological polar surface area (TPSA) is 68.2 Å². The highest BCUT2D eigenvalue weighted by Gasteiger charge is 2.32. The minimum absolute atomic E-state index is 0.337. The van der Waals surface area contributed by atoms with Gasteiger partial charge in [0.1, 0.15) is 16.4 Å². The Balaban J connectivity index is 1.81. The van der Waals surface area contributed by atoms with Gasteiger partial charge in [-0.1, -0.05) is 0 Å². The van der Waals surface area contributed by atoms with Gasteiger partial charge in [-0.2, -0.15) is 4.98 Å². The Labute approximate surface area is 126 Å². The quantitative estimate of drug-likeness (QED) is 0.800. The Kier molecular flexibility index (Phi) is 2.85. The molecule has 0 spiro atoms. The van der Waals surface area contributed by atoms with Crippen LogP contribution in [0.2, 0.25) is 0 Å². The van der Waals surface area contributed by atoms with Gasteiger partial charge in [-0.3, -0.25) is 0 Å². The minimum atomic E-state index is 0.337. The van der Waals surface area contributed by atoms with Gasteiger partial charge in [-0.15, -0.1) is 11.3 Å². The van der Waals surface area contributed by atoms with E-state index >= 15 is 0 Å². The normalized spacial score (nSPS) is 14.7. The lowest BCUT2D eigenvalue weighted by atomic mass is 10.3. The van der Waals surface area contributed by atoms with E-state index in [0.29, 0.717) is 12.0 Å². The summed E-state index contributed by atoms with van der Waals surface area (Å²) in [4.78, 5) is 13.3. The van der Waals surface area contributed by atoms with Gasteiger partial charge in [-0.05, 0) is 38.0 Å². The fourth-order valence-corrected chi connectivity index (χ4v) is 3.48. The number of thiophene rings is 1. The number of furan rings is 1. The van der Waals surface area contributed by atoms with Gasteiger partial charge in [0.05, 0.1) is 18.2 Å². The fourth-order valence-electron chi connectivity index (χ4n) is 2.60. The first kappa shape index (κ1) is 12.6. The van der Waals surface area contributed by atoms with Crippen LogP contribution in [0, 0.1) is 6.92 Å². The number of fused-ring (bicyclic) bond motifs is 1. The molecule has 0 unspecified atom stereocenters. The molecule has 1 saturated carbocycles. The molecule has 2 N–H and O–H groups in total. The zero-order valence-corrected chi connectivity index (χ0v) is 12.6. The third kappa shape index (κ3) is 2.35. The summed E-state index contributed by atoms with van der Waals surface area (Å²) in [6.07, 6.45) is 4.09. The van der Waals surface area contributed by atoms with Crippen molar-refractivity contribution < 1.29 is 4.42 Å². The zero-order chi connectivity index (χ0) is 14.4. The summed E-state index contributed by atoms with van der Waals surface area (Å²) in [6, 6.07) is 6.58. The van der Waals surface area contributed by atoms with Gasteiger partial charge >= 0.3 is 0 Å². The van der Waals surface area contributed by atoms with Gasteiger partial charge in [0, 0.05) is 10.9 Å². The Morgan fingerprint density at radius 2 is 2.29 bits per heavy atom. The van der Waals surface area contributed by atoms with Crippen molar-refractivity contribution in [2.45, 2.75) is 32.4 Å². The molecule has 0 amide bonds. The van der Waals surface area contributed by atoms with Crippen LogP contribution in [-0.2, 0) is 6.54 Å². The van der Waals surface area contributed by atoms with E-state index in [-0.39, 0.29) is 0 Å². The Morgan fingerprint density at radius 3 is 3.00 bits per heavy atom. The molecule has 1 aliphatic rings. The van der Waals surface area contributed by atoms with Crippen molar-refractivity contribution in [2.75, 3.05) is 10.6 Å². The molecule has 0 aromatic carbocycles. The molecule has 1 fully saturated rings. The fraction of sp³-hybridized carbons (Fsp3) is 0.333. The van der Waals surface area contributed by atoms with E-state index in [1.807, 2.05) is 12.1 Å². The average Bonchev–Trinajstić information content (AvgIpc) is 3.01. The number of nitrogen functional groups attached to an aromatic ring is 1. The van der Waals surface area contributed by atoms with E-state index in [1.165, 1.54) is 17.7 Å². The molecule has 0 saturated heterocycles. The average molecular weight is 300 g/mol. The summed E-state index contributed by atoms with van der Waals surface area (Å²) >= 11 is 1.66. The van der Waals surface area contributed by atoms with E-state index in [9.17, 15) is 0 Å². The molecule has 5 nitrogen and oxygen atoms in total. The first-order valence-electron chi connectivity index (χ1n) is 7.03. The second-order valence-corrected chi connectivity index (χ2v) is 6.65. The Hall–Kier alpha value is -2.08. The van der Waals surface area contributed by atoms with Crippen LogP contribution in [0.25, 0.3) is 10.2 Å². The van der Waals surface area contributed by atoms with Gasteiger partial charge in [0.15, 0.2) is 0 Å². The van der Waals surface area contributed by atoms with Gasteiger partial charge in [-0.25, -0.2) is 4.98 Å². The summed E-state index contributed by atoms with van der Waals surface area (Å²) in [6.45, 7) is 2.80. The first-order valence-corrected chi connectivity index (χ1v) is 7.85. The summed E-state index contributed by atoms with van der Waals surface area (Å²) in [5, 5.41) is 1.09. The smallest absolute Gasteiger partial charge is 0.223 e. The highest BCUT2D eigenvalue weighted by Crippen LogP contribution is 2.38. The van der Waals surface area contributed by atoms with Crippen LogP contribution >= 0.6 is 11.3 Å². The van der Waals surface area contributed by atoms with Gasteiger partial charge < -0.3 is 15.1 Å². The number of hydrogen-bond donors (Lipinski definition) is 1. The molecule has 3 heterocycles. The molecule has 0 radical (unpaired) electrons. The van der Waals surface area contributed by atoms with E-state index in [2.05, 4.69) is 27.9 Å². The van der Waals surface area contributed by atoms with Crippen LogP contribution in [0.5, 0.6) is 0 Å². The molecule has 0 bridgehead atoms. The molecule has 3 aromatic heterocycles. The van der Waals surface area contributed by atoms with Crippen molar-refractivity contribution in [1.29, 1.82) is 0 Å². The molecular formula is C15H16N4OS. The number of anilines is 2. The van der Waals surface area contributed by atoms with Crippen LogP contribution in [0.1, 0.15) is 23.5 Å². The molecule has 6 heteroatoms. The molecular weight excluding hydrogens is 284 g/mol. The lowest BCUT2D eigenvalue weighted by Crippen LogP contribution is -2.26. The number of rotatable bonds is 4. The summed E-state index contributed by atoms with van der Waals surface area (Å²) in [7, 11) is 0. The van der Waals surface area contributed by atoms with Crippen molar-refractivity contribution >= 4 is 33.3 Å². The molecule has 0 aliphatic heterocycles. The molecule has 4 rings (SSSR count). The van der Waals surface area contributed by atoms with E-state index in [0.717, 1.165) is 28.3 Å². The number of aryl methyl sites for hydroxylation is 1. The SMILES string of the molecule is Cc1cc2c(N(Cc3ccco3)C3CC3)nc(N)nc2s1. The number of aromatic nitrogens is 2. The first-order chi connectivity index (χ1) is 10.2. The minimum Gasteiger partial charge on any atom is -0.467 e. The van der Waals surface area contributed by atoms with Crippen molar-refractivity contribution in [3.63, 3.8) is 0 Å². The predicted octanol–water partition coefficient (Wildman–Crippen LogP) is 3.34. The van der Waals surface area contributed by atoms with E-state index < -0.39 is 0 Å². The largest absolute Gasteiger partial charge is 0.467 e. The lowest BCUT2D eigenvalue weighted by molar-refractivity contribution is 0.500. The van der Waals surface area contributed by atoms with Crippen LogP contribution in [0.15, 0.2) is 28.9 Å². The van der Waals surface area contributed by atoms with E-state index in [1.54, 1.807) is 17.6 Å². The second-order valence-electron chi connectivity index (χ2n) is 5.42. The highest BCUT2D eigenvalue weighted by atomic mass is 32.1.